The van der Waals surface area contributed by atoms with E-state index in [-0.39, 0.29) is 5.56 Å². The van der Waals surface area contributed by atoms with Crippen molar-refractivity contribution in [1.82, 2.24) is 19.7 Å². The molecule has 3 heterocycles. The van der Waals surface area contributed by atoms with E-state index in [9.17, 15) is 4.79 Å². The number of hydrogen-bond acceptors (Lipinski definition) is 7. The highest BCUT2D eigenvalue weighted by molar-refractivity contribution is 7.25. The summed E-state index contributed by atoms with van der Waals surface area (Å²) >= 11 is 1.39. The highest BCUT2D eigenvalue weighted by Gasteiger charge is 2.24. The SMILES string of the molecule is CC.CC/C=C(\C=C/COC)n1ncc2c(sc3ncnc(NC4CC4)c32)c1=O. The van der Waals surface area contributed by atoms with Gasteiger partial charge in [-0.05, 0) is 25.3 Å². The molecule has 29 heavy (non-hydrogen) atoms. The van der Waals surface area contributed by atoms with Gasteiger partial charge in [0.05, 0.1) is 23.9 Å². The van der Waals surface area contributed by atoms with Crippen molar-refractivity contribution >= 4 is 43.2 Å². The highest BCUT2D eigenvalue weighted by Crippen LogP contribution is 2.35. The van der Waals surface area contributed by atoms with Crippen LogP contribution in [-0.4, -0.2) is 39.5 Å². The Hall–Kier alpha value is -2.58. The van der Waals surface area contributed by atoms with Gasteiger partial charge < -0.3 is 10.1 Å². The minimum absolute atomic E-state index is 0.144. The molecule has 1 N–H and O–H groups in total. The van der Waals surface area contributed by atoms with Gasteiger partial charge in [0.25, 0.3) is 5.56 Å². The van der Waals surface area contributed by atoms with Crippen LogP contribution in [0.5, 0.6) is 0 Å². The van der Waals surface area contributed by atoms with E-state index in [1.165, 1.54) is 16.0 Å². The first-order chi connectivity index (χ1) is 14.2. The fourth-order valence-electron chi connectivity index (χ4n) is 2.91. The molecule has 1 saturated carbocycles. The van der Waals surface area contributed by atoms with Crippen LogP contribution < -0.4 is 10.9 Å². The van der Waals surface area contributed by atoms with Gasteiger partial charge in [-0.25, -0.2) is 9.97 Å². The summed E-state index contributed by atoms with van der Waals surface area (Å²) in [6.07, 6.45) is 12.1. The van der Waals surface area contributed by atoms with Gasteiger partial charge in [0, 0.05) is 18.5 Å². The smallest absolute Gasteiger partial charge is 0.289 e. The summed E-state index contributed by atoms with van der Waals surface area (Å²) < 4.78 is 7.13. The van der Waals surface area contributed by atoms with Crippen LogP contribution in [0.4, 0.5) is 5.82 Å². The molecule has 0 atom stereocenters. The molecular formula is C21H27N5O2S. The second-order valence-corrected chi connectivity index (χ2v) is 7.42. The van der Waals surface area contributed by atoms with Crippen LogP contribution in [0.2, 0.25) is 0 Å². The van der Waals surface area contributed by atoms with E-state index in [1.807, 2.05) is 39.0 Å². The van der Waals surface area contributed by atoms with Crippen molar-refractivity contribution in [3.63, 3.8) is 0 Å². The Morgan fingerprint density at radius 2 is 2.17 bits per heavy atom. The normalized spacial score (nSPS) is 14.4. The van der Waals surface area contributed by atoms with Crippen molar-refractivity contribution < 1.29 is 4.74 Å². The Morgan fingerprint density at radius 1 is 1.38 bits per heavy atom. The zero-order chi connectivity index (χ0) is 20.8. The third-order valence-electron chi connectivity index (χ3n) is 4.34. The molecule has 0 spiro atoms. The number of nitrogens with zero attached hydrogens (tertiary/aromatic N) is 4. The number of hydrogen-bond donors (Lipinski definition) is 1. The third kappa shape index (κ3) is 4.54. The van der Waals surface area contributed by atoms with Crippen molar-refractivity contribution in [2.75, 3.05) is 19.0 Å². The second kappa shape index (κ2) is 9.76. The van der Waals surface area contributed by atoms with Crippen LogP contribution in [0.3, 0.4) is 0 Å². The Balaban J connectivity index is 0.00000117. The maximum atomic E-state index is 13.1. The predicted molar refractivity (Wildman–Crippen MR) is 121 cm³/mol. The van der Waals surface area contributed by atoms with Gasteiger partial charge >= 0.3 is 0 Å². The summed E-state index contributed by atoms with van der Waals surface area (Å²) in [6, 6.07) is 0.469. The van der Waals surface area contributed by atoms with Gasteiger partial charge in [-0.3, -0.25) is 4.79 Å². The molecule has 1 aliphatic carbocycles. The van der Waals surface area contributed by atoms with E-state index in [2.05, 4.69) is 20.4 Å². The van der Waals surface area contributed by atoms with Crippen LogP contribution in [0, 0.1) is 0 Å². The lowest BCUT2D eigenvalue weighted by Crippen LogP contribution is -2.20. The molecule has 0 aromatic carbocycles. The van der Waals surface area contributed by atoms with Crippen molar-refractivity contribution in [2.24, 2.45) is 0 Å². The Labute approximate surface area is 174 Å². The summed E-state index contributed by atoms with van der Waals surface area (Å²) in [7, 11) is 1.63. The lowest BCUT2D eigenvalue weighted by Gasteiger charge is -2.06. The van der Waals surface area contributed by atoms with E-state index in [4.69, 9.17) is 4.74 Å². The standard InChI is InChI=1S/C19H21N5O2S.C2H6/c1-3-5-13(6-4-9-26-2)24-19(25)16-14(10-22-24)15-17(23-12-7-8-12)20-11-21-18(15)27-16;1-2/h4-6,10-12H,3,7-9H2,1-2H3,(H,20,21,23);1-2H3/b6-4-,13-5+;. The maximum absolute atomic E-state index is 13.1. The maximum Gasteiger partial charge on any atom is 0.289 e. The quantitative estimate of drug-likeness (QED) is 0.576. The number of allylic oxidation sites excluding steroid dienone is 3. The van der Waals surface area contributed by atoms with E-state index in [1.54, 1.807) is 19.6 Å². The number of methoxy groups -OCH3 is 1. The van der Waals surface area contributed by atoms with E-state index < -0.39 is 0 Å². The van der Waals surface area contributed by atoms with Gasteiger partial charge in [0.15, 0.2) is 0 Å². The molecule has 1 aliphatic rings. The largest absolute Gasteiger partial charge is 0.381 e. The first-order valence-electron chi connectivity index (χ1n) is 10.0. The number of anilines is 1. The molecule has 7 nitrogen and oxygen atoms in total. The lowest BCUT2D eigenvalue weighted by atomic mass is 10.2. The number of fused-ring (bicyclic) bond motifs is 3. The molecule has 3 aromatic heterocycles. The predicted octanol–water partition coefficient (Wildman–Crippen LogP) is 4.46. The summed E-state index contributed by atoms with van der Waals surface area (Å²) in [5.41, 5.74) is 0.593. The minimum atomic E-state index is -0.144. The van der Waals surface area contributed by atoms with Crippen molar-refractivity contribution in [3.8, 4) is 0 Å². The zero-order valence-electron chi connectivity index (χ0n) is 17.3. The fraction of sp³-hybridized carbons (Fsp3) is 0.429. The third-order valence-corrected chi connectivity index (χ3v) is 5.44. The Morgan fingerprint density at radius 3 is 2.86 bits per heavy atom. The summed E-state index contributed by atoms with van der Waals surface area (Å²) in [4.78, 5) is 22.7. The first kappa shape index (κ1) is 21.1. The van der Waals surface area contributed by atoms with Crippen LogP contribution in [-0.2, 0) is 4.74 Å². The van der Waals surface area contributed by atoms with Crippen molar-refractivity contribution in [3.05, 3.63) is 41.1 Å². The average molecular weight is 414 g/mol. The summed E-state index contributed by atoms with van der Waals surface area (Å²) in [5.74, 6) is 0.789. The van der Waals surface area contributed by atoms with Gasteiger partial charge in [-0.2, -0.15) is 9.78 Å². The van der Waals surface area contributed by atoms with Crippen molar-refractivity contribution in [1.29, 1.82) is 0 Å². The number of thiophene rings is 1. The monoisotopic (exact) mass is 413 g/mol. The van der Waals surface area contributed by atoms with Gasteiger partial charge in [0.1, 0.15) is 21.7 Å². The van der Waals surface area contributed by atoms with Crippen LogP contribution in [0.1, 0.15) is 40.0 Å². The molecule has 3 aromatic rings. The molecule has 0 amide bonds. The van der Waals surface area contributed by atoms with Crippen LogP contribution in [0.15, 0.2) is 35.5 Å². The number of aromatic nitrogens is 4. The number of ether oxygens (including phenoxy) is 1. The molecule has 0 unspecified atom stereocenters. The molecule has 154 valence electrons. The molecule has 8 heteroatoms. The second-order valence-electron chi connectivity index (χ2n) is 6.42. The molecule has 0 saturated heterocycles. The summed E-state index contributed by atoms with van der Waals surface area (Å²) in [5, 5.41) is 9.55. The van der Waals surface area contributed by atoms with E-state index in [0.717, 1.165) is 46.4 Å². The lowest BCUT2D eigenvalue weighted by molar-refractivity contribution is 0.234. The average Bonchev–Trinajstić information content (AvgIpc) is 3.47. The molecular weight excluding hydrogens is 386 g/mol. The van der Waals surface area contributed by atoms with Gasteiger partial charge in [-0.1, -0.05) is 32.9 Å². The van der Waals surface area contributed by atoms with E-state index in [0.29, 0.717) is 17.3 Å². The minimum Gasteiger partial charge on any atom is -0.381 e. The molecule has 0 bridgehead atoms. The Bertz CT molecular complexity index is 1100. The fourth-order valence-corrected chi connectivity index (χ4v) is 3.95. The topological polar surface area (TPSA) is 81.9 Å². The van der Waals surface area contributed by atoms with Crippen molar-refractivity contribution in [2.45, 2.75) is 46.1 Å². The summed E-state index contributed by atoms with van der Waals surface area (Å²) in [6.45, 7) is 6.51. The van der Waals surface area contributed by atoms with Crippen LogP contribution in [0.25, 0.3) is 26.0 Å². The van der Waals surface area contributed by atoms with Crippen LogP contribution >= 0.6 is 11.3 Å². The first-order valence-corrected chi connectivity index (χ1v) is 10.8. The molecule has 1 fully saturated rings. The highest BCUT2D eigenvalue weighted by atomic mass is 32.1. The van der Waals surface area contributed by atoms with Gasteiger partial charge in [-0.15, -0.1) is 11.3 Å². The number of nitrogens with one attached hydrogen (secondary N) is 1. The Kier molecular flexibility index (Phi) is 7.11. The molecule has 0 radical (unpaired) electrons. The molecule has 0 aliphatic heterocycles. The zero-order valence-corrected chi connectivity index (χ0v) is 18.1. The molecule has 4 rings (SSSR count). The van der Waals surface area contributed by atoms with Gasteiger partial charge in [0.2, 0.25) is 0 Å². The number of rotatable bonds is 7. The van der Waals surface area contributed by atoms with E-state index >= 15 is 0 Å².